The van der Waals surface area contributed by atoms with Crippen molar-refractivity contribution in [3.05, 3.63) is 28.7 Å². The first-order valence-electron chi connectivity index (χ1n) is 6.28. The quantitative estimate of drug-likeness (QED) is 0.792. The fraction of sp³-hybridized carbons (Fsp3) is 0.500. The molecule has 1 saturated carbocycles. The lowest BCUT2D eigenvalue weighted by Crippen LogP contribution is -2.36. The van der Waals surface area contributed by atoms with Gasteiger partial charge in [0.1, 0.15) is 0 Å². The molecule has 98 valence electrons. The lowest BCUT2D eigenvalue weighted by Gasteiger charge is -2.19. The zero-order valence-electron chi connectivity index (χ0n) is 10.8. The molecule has 0 aliphatic heterocycles. The van der Waals surface area contributed by atoms with Crippen LogP contribution in [0, 0.1) is 5.41 Å². The van der Waals surface area contributed by atoms with Gasteiger partial charge < -0.3 is 10.6 Å². The van der Waals surface area contributed by atoms with Gasteiger partial charge in [0.25, 0.3) is 0 Å². The van der Waals surface area contributed by atoms with Crippen molar-refractivity contribution in [1.82, 2.24) is 5.32 Å². The topological polar surface area (TPSA) is 24.1 Å². The third-order valence-electron chi connectivity index (χ3n) is 3.39. The molecule has 1 unspecified atom stereocenters. The SMILES string of the molecule is CC1(C)CCC(NC(=S)Nc2cccc(Br)c2)C1. The van der Waals surface area contributed by atoms with Crippen molar-refractivity contribution in [3.63, 3.8) is 0 Å². The Morgan fingerprint density at radius 3 is 2.83 bits per heavy atom. The molecular weight excluding hydrogens is 308 g/mol. The Balaban J connectivity index is 1.86. The van der Waals surface area contributed by atoms with Gasteiger partial charge in [0.15, 0.2) is 5.11 Å². The second kappa shape index (κ2) is 5.57. The highest BCUT2D eigenvalue weighted by molar-refractivity contribution is 9.10. The van der Waals surface area contributed by atoms with Crippen molar-refractivity contribution in [3.8, 4) is 0 Å². The third-order valence-corrected chi connectivity index (χ3v) is 4.10. The van der Waals surface area contributed by atoms with Gasteiger partial charge in [0.2, 0.25) is 0 Å². The van der Waals surface area contributed by atoms with Gasteiger partial charge in [-0.2, -0.15) is 0 Å². The highest BCUT2D eigenvalue weighted by Gasteiger charge is 2.31. The van der Waals surface area contributed by atoms with Crippen LogP contribution in [0.5, 0.6) is 0 Å². The van der Waals surface area contributed by atoms with Crippen LogP contribution in [0.2, 0.25) is 0 Å². The number of hydrogen-bond acceptors (Lipinski definition) is 1. The monoisotopic (exact) mass is 326 g/mol. The summed E-state index contributed by atoms with van der Waals surface area (Å²) in [7, 11) is 0. The predicted octanol–water partition coefficient (Wildman–Crippen LogP) is 4.31. The molecule has 2 nitrogen and oxygen atoms in total. The Labute approximate surface area is 123 Å². The Morgan fingerprint density at radius 2 is 2.22 bits per heavy atom. The summed E-state index contributed by atoms with van der Waals surface area (Å²) in [5, 5.41) is 7.35. The predicted molar refractivity (Wildman–Crippen MR) is 84.9 cm³/mol. The maximum absolute atomic E-state index is 5.35. The van der Waals surface area contributed by atoms with Crippen molar-refractivity contribution in [2.24, 2.45) is 5.41 Å². The first-order valence-corrected chi connectivity index (χ1v) is 7.48. The molecule has 0 bridgehead atoms. The average molecular weight is 327 g/mol. The number of thiocarbonyl (C=S) groups is 1. The fourth-order valence-corrected chi connectivity index (χ4v) is 3.16. The normalized spacial score (nSPS) is 21.6. The summed E-state index contributed by atoms with van der Waals surface area (Å²) in [6.07, 6.45) is 3.66. The summed E-state index contributed by atoms with van der Waals surface area (Å²) in [5.74, 6) is 0. The highest BCUT2D eigenvalue weighted by atomic mass is 79.9. The van der Waals surface area contributed by atoms with E-state index in [1.54, 1.807) is 0 Å². The van der Waals surface area contributed by atoms with Crippen LogP contribution in [0.4, 0.5) is 5.69 Å². The number of anilines is 1. The van der Waals surface area contributed by atoms with E-state index < -0.39 is 0 Å². The zero-order chi connectivity index (χ0) is 13.2. The molecule has 1 atom stereocenters. The van der Waals surface area contributed by atoms with E-state index in [1.165, 1.54) is 19.3 Å². The maximum atomic E-state index is 5.35. The van der Waals surface area contributed by atoms with Gasteiger partial charge in [0.05, 0.1) is 0 Å². The minimum atomic E-state index is 0.447. The van der Waals surface area contributed by atoms with Gasteiger partial charge in [-0.15, -0.1) is 0 Å². The van der Waals surface area contributed by atoms with Crippen molar-refractivity contribution >= 4 is 38.9 Å². The summed E-state index contributed by atoms with van der Waals surface area (Å²) in [6, 6.07) is 8.53. The molecule has 0 aromatic heterocycles. The highest BCUT2D eigenvalue weighted by Crippen LogP contribution is 2.36. The van der Waals surface area contributed by atoms with E-state index in [1.807, 2.05) is 24.3 Å². The van der Waals surface area contributed by atoms with E-state index in [2.05, 4.69) is 40.4 Å². The van der Waals surface area contributed by atoms with E-state index in [4.69, 9.17) is 12.2 Å². The zero-order valence-corrected chi connectivity index (χ0v) is 13.2. The molecule has 1 aromatic carbocycles. The summed E-state index contributed by atoms with van der Waals surface area (Å²) < 4.78 is 1.05. The van der Waals surface area contributed by atoms with E-state index in [0.717, 1.165) is 15.3 Å². The van der Waals surface area contributed by atoms with Gasteiger partial charge >= 0.3 is 0 Å². The van der Waals surface area contributed by atoms with Crippen molar-refractivity contribution < 1.29 is 0 Å². The average Bonchev–Trinajstić information content (AvgIpc) is 2.57. The van der Waals surface area contributed by atoms with Crippen LogP contribution in [-0.2, 0) is 0 Å². The Morgan fingerprint density at radius 1 is 1.44 bits per heavy atom. The largest absolute Gasteiger partial charge is 0.360 e. The molecule has 0 amide bonds. The van der Waals surface area contributed by atoms with Gasteiger partial charge in [-0.25, -0.2) is 0 Å². The summed E-state index contributed by atoms with van der Waals surface area (Å²) in [6.45, 7) is 4.64. The van der Waals surface area contributed by atoms with E-state index in [-0.39, 0.29) is 0 Å². The van der Waals surface area contributed by atoms with Crippen LogP contribution in [0.15, 0.2) is 28.7 Å². The second-order valence-electron chi connectivity index (χ2n) is 5.71. The van der Waals surface area contributed by atoms with E-state index in [9.17, 15) is 0 Å². The Hall–Kier alpha value is -0.610. The van der Waals surface area contributed by atoms with Gasteiger partial charge in [-0.1, -0.05) is 35.8 Å². The molecule has 4 heteroatoms. The molecule has 18 heavy (non-hydrogen) atoms. The molecule has 0 saturated heterocycles. The smallest absolute Gasteiger partial charge is 0.170 e. The first-order chi connectivity index (χ1) is 8.44. The maximum Gasteiger partial charge on any atom is 0.170 e. The van der Waals surface area contributed by atoms with Crippen LogP contribution in [0.25, 0.3) is 0 Å². The minimum absolute atomic E-state index is 0.447. The lowest BCUT2D eigenvalue weighted by molar-refractivity contribution is 0.372. The lowest BCUT2D eigenvalue weighted by atomic mass is 9.92. The number of halogens is 1. The van der Waals surface area contributed by atoms with E-state index >= 15 is 0 Å². The molecule has 1 aliphatic carbocycles. The van der Waals surface area contributed by atoms with Crippen LogP contribution in [-0.4, -0.2) is 11.2 Å². The molecule has 1 aromatic rings. The number of benzene rings is 1. The molecule has 1 fully saturated rings. The summed E-state index contributed by atoms with van der Waals surface area (Å²) in [4.78, 5) is 0. The fourth-order valence-electron chi connectivity index (χ4n) is 2.48. The van der Waals surface area contributed by atoms with Crippen molar-refractivity contribution in [2.45, 2.75) is 39.2 Å². The van der Waals surface area contributed by atoms with Gasteiger partial charge in [-0.05, 0) is 55.1 Å². The molecule has 0 radical (unpaired) electrons. The minimum Gasteiger partial charge on any atom is -0.360 e. The number of hydrogen-bond donors (Lipinski definition) is 2. The van der Waals surface area contributed by atoms with Gasteiger partial charge in [-0.3, -0.25) is 0 Å². The molecule has 2 N–H and O–H groups in total. The number of rotatable bonds is 2. The Bertz CT molecular complexity index is 445. The van der Waals surface area contributed by atoms with Crippen molar-refractivity contribution in [1.29, 1.82) is 0 Å². The summed E-state index contributed by atoms with van der Waals surface area (Å²) >= 11 is 8.80. The molecule has 1 aliphatic rings. The third kappa shape index (κ3) is 3.95. The standard InChI is InChI=1S/C14H19BrN2S/c1-14(2)7-6-12(9-14)17-13(18)16-11-5-3-4-10(15)8-11/h3-5,8,12H,6-7,9H2,1-2H3,(H2,16,17,18). The molecule has 0 heterocycles. The molecular formula is C14H19BrN2S. The molecule has 2 rings (SSSR count). The molecule has 0 spiro atoms. The Kier molecular flexibility index (Phi) is 4.28. The van der Waals surface area contributed by atoms with Crippen LogP contribution in [0.3, 0.4) is 0 Å². The first kappa shape index (κ1) is 13.8. The van der Waals surface area contributed by atoms with Crippen LogP contribution in [0.1, 0.15) is 33.1 Å². The number of nitrogens with one attached hydrogen (secondary N) is 2. The van der Waals surface area contributed by atoms with E-state index in [0.29, 0.717) is 11.5 Å². The van der Waals surface area contributed by atoms with Crippen molar-refractivity contribution in [2.75, 3.05) is 5.32 Å². The van der Waals surface area contributed by atoms with Gasteiger partial charge in [0, 0.05) is 16.2 Å². The second-order valence-corrected chi connectivity index (χ2v) is 7.04. The summed E-state index contributed by atoms with van der Waals surface area (Å²) in [5.41, 5.74) is 1.46. The van der Waals surface area contributed by atoms with Crippen LogP contribution >= 0.6 is 28.1 Å². The van der Waals surface area contributed by atoms with Crippen LogP contribution < -0.4 is 10.6 Å².